The Kier molecular flexibility index (Phi) is 10.3. The van der Waals surface area contributed by atoms with Gasteiger partial charge in [0.2, 0.25) is 5.91 Å². The minimum absolute atomic E-state index is 0.0561. The average molecular weight is 447 g/mol. The largest absolute Gasteiger partial charge is 0.481 e. The van der Waals surface area contributed by atoms with Crippen molar-refractivity contribution in [3.05, 3.63) is 53.0 Å². The van der Waals surface area contributed by atoms with E-state index in [1.54, 1.807) is 11.0 Å². The molecule has 0 radical (unpaired) electrons. The molecule has 1 fully saturated rings. The maximum atomic E-state index is 12.5. The lowest BCUT2D eigenvalue weighted by Crippen LogP contribution is -2.29. The quantitative estimate of drug-likeness (QED) is 0.287. The van der Waals surface area contributed by atoms with E-state index in [0.717, 1.165) is 24.8 Å². The lowest BCUT2D eigenvalue weighted by Gasteiger charge is -2.14. The van der Waals surface area contributed by atoms with Crippen LogP contribution in [0.2, 0.25) is 0 Å². The van der Waals surface area contributed by atoms with E-state index in [-0.39, 0.29) is 18.2 Å². The van der Waals surface area contributed by atoms with Gasteiger partial charge in [0.15, 0.2) is 0 Å². The van der Waals surface area contributed by atoms with Gasteiger partial charge in [-0.2, -0.15) is 0 Å². The fraction of sp³-hybridized carbons (Fsp3) is 0.364. The standard InChI is InChI=1S/C22H26N2O4S2/c25-19(23-15-8-14-20(26)27)13-5-2-6-16-24-21(28)18(30-22(24)29)12-7-11-17-9-3-1-4-10-17/h1,3-4,7,9-12H,2,5-6,8,13-16H2,(H,23,25)(H,26,27)/b11-7+,18-12-. The summed E-state index contributed by atoms with van der Waals surface area (Å²) in [5.74, 6) is -1.000. The number of hydrogen-bond donors (Lipinski definition) is 2. The van der Waals surface area contributed by atoms with Crippen molar-refractivity contribution in [1.82, 2.24) is 10.2 Å². The number of hydrogen-bond acceptors (Lipinski definition) is 5. The van der Waals surface area contributed by atoms with E-state index >= 15 is 0 Å². The number of rotatable bonds is 12. The molecule has 6 nitrogen and oxygen atoms in total. The van der Waals surface area contributed by atoms with Crippen LogP contribution in [-0.2, 0) is 14.4 Å². The van der Waals surface area contributed by atoms with Gasteiger partial charge in [0.1, 0.15) is 4.32 Å². The average Bonchev–Trinajstić information content (AvgIpc) is 2.99. The topological polar surface area (TPSA) is 86.7 Å². The summed E-state index contributed by atoms with van der Waals surface area (Å²) in [6.07, 6.45) is 8.78. The Morgan fingerprint density at radius 3 is 2.60 bits per heavy atom. The van der Waals surface area contributed by atoms with Gasteiger partial charge in [-0.1, -0.05) is 72.9 Å². The predicted molar refractivity (Wildman–Crippen MR) is 124 cm³/mol. The molecule has 0 aromatic heterocycles. The molecule has 160 valence electrons. The van der Waals surface area contributed by atoms with Gasteiger partial charge in [0.25, 0.3) is 5.91 Å². The number of thiocarbonyl (C=S) groups is 1. The maximum Gasteiger partial charge on any atom is 0.303 e. The van der Waals surface area contributed by atoms with Gasteiger partial charge in [-0.3, -0.25) is 19.3 Å². The summed E-state index contributed by atoms with van der Waals surface area (Å²) < 4.78 is 0.565. The van der Waals surface area contributed by atoms with Crippen LogP contribution in [0, 0.1) is 0 Å². The molecule has 0 saturated carbocycles. The van der Waals surface area contributed by atoms with Gasteiger partial charge in [0.05, 0.1) is 4.91 Å². The zero-order valence-electron chi connectivity index (χ0n) is 16.7. The molecule has 0 atom stereocenters. The van der Waals surface area contributed by atoms with Crippen LogP contribution in [-0.4, -0.2) is 45.2 Å². The second-order valence-electron chi connectivity index (χ2n) is 6.78. The summed E-state index contributed by atoms with van der Waals surface area (Å²) in [7, 11) is 0. The molecular formula is C22H26N2O4S2. The third kappa shape index (κ3) is 8.51. The van der Waals surface area contributed by atoms with Gasteiger partial charge in [-0.25, -0.2) is 0 Å². The van der Waals surface area contributed by atoms with Crippen LogP contribution in [0.1, 0.15) is 44.1 Å². The molecule has 2 N–H and O–H groups in total. The molecule has 0 aliphatic carbocycles. The summed E-state index contributed by atoms with van der Waals surface area (Å²) in [6.45, 7) is 0.928. The lowest BCUT2D eigenvalue weighted by molar-refractivity contribution is -0.137. The van der Waals surface area contributed by atoms with Crippen molar-refractivity contribution in [2.24, 2.45) is 0 Å². The molecule has 1 saturated heterocycles. The van der Waals surface area contributed by atoms with Crippen LogP contribution in [0.3, 0.4) is 0 Å². The normalized spacial score (nSPS) is 15.3. The molecular weight excluding hydrogens is 420 g/mol. The predicted octanol–water partition coefficient (Wildman–Crippen LogP) is 3.99. The van der Waals surface area contributed by atoms with E-state index in [0.29, 0.717) is 35.2 Å². The number of allylic oxidation sites excluding steroid dienone is 2. The molecule has 0 bridgehead atoms. The number of benzene rings is 1. The molecule has 2 rings (SSSR count). The summed E-state index contributed by atoms with van der Waals surface area (Å²) in [5.41, 5.74) is 1.06. The number of carboxylic acids is 1. The SMILES string of the molecule is O=C(O)CCCNC(=O)CCCCCN1C(=O)/C(=C/C=C/c2ccccc2)SC1=S. The van der Waals surface area contributed by atoms with E-state index in [9.17, 15) is 14.4 Å². The highest BCUT2D eigenvalue weighted by Crippen LogP contribution is 2.31. The van der Waals surface area contributed by atoms with Crippen LogP contribution < -0.4 is 5.32 Å². The van der Waals surface area contributed by atoms with Gasteiger partial charge in [-0.05, 0) is 30.9 Å². The number of thioether (sulfide) groups is 1. The second-order valence-corrected chi connectivity index (χ2v) is 8.46. The van der Waals surface area contributed by atoms with Gasteiger partial charge < -0.3 is 10.4 Å². The number of nitrogens with one attached hydrogen (secondary N) is 1. The van der Waals surface area contributed by atoms with Crippen LogP contribution in [0.25, 0.3) is 6.08 Å². The first-order chi connectivity index (χ1) is 14.5. The van der Waals surface area contributed by atoms with Crippen molar-refractivity contribution in [3.63, 3.8) is 0 Å². The molecule has 0 spiro atoms. The fourth-order valence-electron chi connectivity index (χ4n) is 2.81. The molecule has 30 heavy (non-hydrogen) atoms. The van der Waals surface area contributed by atoms with Gasteiger partial charge in [0, 0.05) is 25.9 Å². The Labute approximate surface area is 186 Å². The zero-order valence-corrected chi connectivity index (χ0v) is 18.3. The minimum Gasteiger partial charge on any atom is -0.481 e. The van der Waals surface area contributed by atoms with E-state index in [2.05, 4.69) is 5.32 Å². The lowest BCUT2D eigenvalue weighted by atomic mass is 10.1. The summed E-state index contributed by atoms with van der Waals surface area (Å²) in [5, 5.41) is 11.3. The van der Waals surface area contributed by atoms with Gasteiger partial charge >= 0.3 is 5.97 Å². The summed E-state index contributed by atoms with van der Waals surface area (Å²) in [6, 6.07) is 9.86. The van der Waals surface area contributed by atoms with Crippen molar-refractivity contribution in [3.8, 4) is 0 Å². The minimum atomic E-state index is -0.859. The van der Waals surface area contributed by atoms with Crippen LogP contribution >= 0.6 is 24.0 Å². The Morgan fingerprint density at radius 1 is 1.10 bits per heavy atom. The second kappa shape index (κ2) is 13.0. The highest BCUT2D eigenvalue weighted by Gasteiger charge is 2.30. The van der Waals surface area contributed by atoms with Crippen molar-refractivity contribution >= 4 is 52.2 Å². The van der Waals surface area contributed by atoms with Crippen molar-refractivity contribution in [2.45, 2.75) is 38.5 Å². The first kappa shape index (κ1) is 23.8. The van der Waals surface area contributed by atoms with Gasteiger partial charge in [-0.15, -0.1) is 0 Å². The number of amides is 2. The molecule has 1 aromatic carbocycles. The van der Waals surface area contributed by atoms with Crippen LogP contribution in [0.5, 0.6) is 0 Å². The molecule has 1 aliphatic heterocycles. The van der Waals surface area contributed by atoms with E-state index < -0.39 is 5.97 Å². The number of carbonyl (C=O) groups is 3. The Balaban J connectivity index is 1.66. The third-order valence-electron chi connectivity index (χ3n) is 4.38. The molecule has 1 aliphatic rings. The summed E-state index contributed by atoms with van der Waals surface area (Å²) in [4.78, 5) is 36.9. The van der Waals surface area contributed by atoms with Crippen LogP contribution in [0.15, 0.2) is 47.4 Å². The third-order valence-corrected chi connectivity index (χ3v) is 5.78. The molecule has 2 amide bonds. The van der Waals surface area contributed by atoms with Crippen molar-refractivity contribution < 1.29 is 19.5 Å². The summed E-state index contributed by atoms with van der Waals surface area (Å²) >= 11 is 6.64. The Bertz CT molecular complexity index is 822. The first-order valence-electron chi connectivity index (χ1n) is 9.93. The monoisotopic (exact) mass is 446 g/mol. The number of aliphatic carboxylic acids is 1. The Morgan fingerprint density at radius 2 is 1.87 bits per heavy atom. The van der Waals surface area contributed by atoms with E-state index in [4.69, 9.17) is 17.3 Å². The smallest absolute Gasteiger partial charge is 0.303 e. The first-order valence-corrected chi connectivity index (χ1v) is 11.2. The molecule has 1 aromatic rings. The number of carbonyl (C=O) groups excluding carboxylic acids is 2. The maximum absolute atomic E-state index is 12.5. The number of carboxylic acid groups (broad SMARTS) is 1. The molecule has 8 heteroatoms. The highest BCUT2D eigenvalue weighted by atomic mass is 32.2. The van der Waals surface area contributed by atoms with Crippen LogP contribution in [0.4, 0.5) is 0 Å². The molecule has 0 unspecified atom stereocenters. The fourth-order valence-corrected chi connectivity index (χ4v) is 4.07. The van der Waals surface area contributed by atoms with E-state index in [1.165, 1.54) is 11.8 Å². The highest BCUT2D eigenvalue weighted by molar-refractivity contribution is 8.26. The van der Waals surface area contributed by atoms with Crippen molar-refractivity contribution in [1.29, 1.82) is 0 Å². The number of nitrogens with zero attached hydrogens (tertiary/aromatic N) is 1. The zero-order chi connectivity index (χ0) is 21.8. The van der Waals surface area contributed by atoms with E-state index in [1.807, 2.05) is 42.5 Å². The number of unbranched alkanes of at least 4 members (excludes halogenated alkanes) is 2. The molecule has 1 heterocycles. The van der Waals surface area contributed by atoms with Crippen molar-refractivity contribution in [2.75, 3.05) is 13.1 Å². The Hall–Kier alpha value is -2.45.